The molecule has 0 aliphatic heterocycles. The number of aromatic nitrogens is 1. The van der Waals surface area contributed by atoms with Crippen molar-refractivity contribution in [3.05, 3.63) is 58.9 Å². The van der Waals surface area contributed by atoms with Gasteiger partial charge in [-0.05, 0) is 29.8 Å². The van der Waals surface area contributed by atoms with E-state index in [2.05, 4.69) is 4.98 Å². The summed E-state index contributed by atoms with van der Waals surface area (Å²) >= 11 is 5.75. The maximum Gasteiger partial charge on any atom is 0.121 e. The molecule has 88 valence electrons. The van der Waals surface area contributed by atoms with Crippen molar-refractivity contribution in [1.82, 2.24) is 4.98 Å². The highest BCUT2D eigenvalue weighted by Gasteiger charge is 2.12. The summed E-state index contributed by atoms with van der Waals surface area (Å²) in [7, 11) is 1.59. The van der Waals surface area contributed by atoms with E-state index in [9.17, 15) is 5.11 Å². The highest BCUT2D eigenvalue weighted by molar-refractivity contribution is 6.30. The second-order valence-corrected chi connectivity index (χ2v) is 4.02. The van der Waals surface area contributed by atoms with E-state index < -0.39 is 6.10 Å². The molecule has 0 bridgehead atoms. The number of halogens is 1. The maximum atomic E-state index is 10.1. The fraction of sp³-hybridized carbons (Fsp3) is 0.154. The number of nitrogens with zero attached hydrogens (tertiary/aromatic N) is 1. The van der Waals surface area contributed by atoms with Crippen molar-refractivity contribution >= 4 is 11.6 Å². The van der Waals surface area contributed by atoms with Gasteiger partial charge in [0.25, 0.3) is 0 Å². The van der Waals surface area contributed by atoms with Crippen LogP contribution in [-0.4, -0.2) is 17.2 Å². The average Bonchev–Trinajstić information content (AvgIpc) is 2.39. The normalized spacial score (nSPS) is 12.2. The van der Waals surface area contributed by atoms with E-state index in [1.165, 1.54) is 6.20 Å². The molecule has 4 heteroatoms. The molecule has 2 rings (SSSR count). The zero-order valence-corrected chi connectivity index (χ0v) is 10.1. The number of benzene rings is 1. The number of hydrogen-bond donors (Lipinski definition) is 1. The molecule has 0 saturated carbocycles. The van der Waals surface area contributed by atoms with Crippen molar-refractivity contribution in [1.29, 1.82) is 0 Å². The van der Waals surface area contributed by atoms with Gasteiger partial charge in [0.15, 0.2) is 0 Å². The molecule has 1 unspecified atom stereocenters. The third-order valence-corrected chi connectivity index (χ3v) is 2.66. The highest BCUT2D eigenvalue weighted by Crippen LogP contribution is 2.24. The van der Waals surface area contributed by atoms with Crippen molar-refractivity contribution in [3.8, 4) is 5.75 Å². The molecule has 1 heterocycles. The molecule has 1 atom stereocenters. The predicted octanol–water partition coefficient (Wildman–Crippen LogP) is 2.83. The molecule has 1 N–H and O–H groups in total. The molecule has 0 aliphatic carbocycles. The summed E-state index contributed by atoms with van der Waals surface area (Å²) in [6, 6.07) is 10.7. The Morgan fingerprint density at radius 3 is 2.76 bits per heavy atom. The Hall–Kier alpha value is -1.58. The number of hydrogen-bond acceptors (Lipinski definition) is 3. The molecule has 0 amide bonds. The van der Waals surface area contributed by atoms with Gasteiger partial charge in [-0.15, -0.1) is 0 Å². The highest BCUT2D eigenvalue weighted by atomic mass is 35.5. The molecule has 0 fully saturated rings. The maximum absolute atomic E-state index is 10.1. The second kappa shape index (κ2) is 5.17. The Balaban J connectivity index is 2.29. The van der Waals surface area contributed by atoms with Crippen molar-refractivity contribution in [2.45, 2.75) is 6.10 Å². The van der Waals surface area contributed by atoms with Gasteiger partial charge in [0, 0.05) is 6.20 Å². The summed E-state index contributed by atoms with van der Waals surface area (Å²) < 4.78 is 5.11. The van der Waals surface area contributed by atoms with Gasteiger partial charge in [-0.2, -0.15) is 0 Å². The zero-order chi connectivity index (χ0) is 12.3. The van der Waals surface area contributed by atoms with Gasteiger partial charge in [0.05, 0.1) is 17.8 Å². The third kappa shape index (κ3) is 2.75. The van der Waals surface area contributed by atoms with Crippen LogP contribution in [0.4, 0.5) is 0 Å². The van der Waals surface area contributed by atoms with E-state index in [0.29, 0.717) is 16.5 Å². The molecule has 17 heavy (non-hydrogen) atoms. The quantitative estimate of drug-likeness (QED) is 0.910. The van der Waals surface area contributed by atoms with Crippen LogP contribution in [0.25, 0.3) is 0 Å². The minimum atomic E-state index is -0.776. The van der Waals surface area contributed by atoms with Gasteiger partial charge in [0.2, 0.25) is 0 Å². The molecule has 0 radical (unpaired) electrons. The van der Waals surface area contributed by atoms with Gasteiger partial charge in [-0.25, -0.2) is 0 Å². The standard InChI is InChI=1S/C13H12ClNO2/c1-17-11-4-2-3-9(7-11)13(16)12-6-5-10(14)8-15-12/h2-8,13,16H,1H3. The van der Waals surface area contributed by atoms with Crippen LogP contribution in [0.15, 0.2) is 42.6 Å². The first-order valence-electron chi connectivity index (χ1n) is 5.14. The summed E-state index contributed by atoms with van der Waals surface area (Å²) in [6.45, 7) is 0. The fourth-order valence-electron chi connectivity index (χ4n) is 1.53. The molecule has 1 aromatic heterocycles. The van der Waals surface area contributed by atoms with E-state index in [4.69, 9.17) is 16.3 Å². The van der Waals surface area contributed by atoms with Crippen LogP contribution < -0.4 is 4.74 Å². The molecule has 0 aliphatic rings. The monoisotopic (exact) mass is 249 g/mol. The number of methoxy groups -OCH3 is 1. The summed E-state index contributed by atoms with van der Waals surface area (Å²) in [5.41, 5.74) is 1.29. The number of aliphatic hydroxyl groups excluding tert-OH is 1. The van der Waals surface area contributed by atoms with Crippen molar-refractivity contribution < 1.29 is 9.84 Å². The Bertz CT molecular complexity index is 499. The molecular weight excluding hydrogens is 238 g/mol. The minimum absolute atomic E-state index is 0.548. The Kier molecular flexibility index (Phi) is 3.61. The molecule has 1 aromatic carbocycles. The summed E-state index contributed by atoms with van der Waals surface area (Å²) in [6.07, 6.45) is 0.739. The molecule has 3 nitrogen and oxygen atoms in total. The second-order valence-electron chi connectivity index (χ2n) is 3.58. The minimum Gasteiger partial charge on any atom is -0.497 e. The summed E-state index contributed by atoms with van der Waals surface area (Å²) in [5.74, 6) is 0.704. The lowest BCUT2D eigenvalue weighted by molar-refractivity contribution is 0.215. The first-order valence-corrected chi connectivity index (χ1v) is 5.52. The van der Waals surface area contributed by atoms with Gasteiger partial charge < -0.3 is 9.84 Å². The van der Waals surface area contributed by atoms with E-state index >= 15 is 0 Å². The lowest BCUT2D eigenvalue weighted by Gasteiger charge is -2.11. The Morgan fingerprint density at radius 2 is 2.12 bits per heavy atom. The number of rotatable bonds is 3. The van der Waals surface area contributed by atoms with E-state index in [1.807, 2.05) is 18.2 Å². The molecular formula is C13H12ClNO2. The lowest BCUT2D eigenvalue weighted by atomic mass is 10.1. The molecule has 0 spiro atoms. The van der Waals surface area contributed by atoms with Crippen molar-refractivity contribution in [2.75, 3.05) is 7.11 Å². The largest absolute Gasteiger partial charge is 0.497 e. The van der Waals surface area contributed by atoms with Crippen LogP contribution in [0.3, 0.4) is 0 Å². The Labute approximate surface area is 105 Å². The van der Waals surface area contributed by atoms with Crippen LogP contribution in [0.2, 0.25) is 5.02 Å². The van der Waals surface area contributed by atoms with Crippen molar-refractivity contribution in [3.63, 3.8) is 0 Å². The first kappa shape index (κ1) is 11.9. The SMILES string of the molecule is COc1cccc(C(O)c2ccc(Cl)cn2)c1. The third-order valence-electron chi connectivity index (χ3n) is 2.44. The van der Waals surface area contributed by atoms with E-state index in [1.54, 1.807) is 25.3 Å². The van der Waals surface area contributed by atoms with E-state index in [-0.39, 0.29) is 0 Å². The smallest absolute Gasteiger partial charge is 0.121 e. The topological polar surface area (TPSA) is 42.4 Å². The summed E-state index contributed by atoms with van der Waals surface area (Å²) in [4.78, 5) is 4.09. The first-order chi connectivity index (χ1) is 8.20. The van der Waals surface area contributed by atoms with Gasteiger partial charge in [-0.1, -0.05) is 23.7 Å². The van der Waals surface area contributed by atoms with Crippen LogP contribution in [0.1, 0.15) is 17.4 Å². The number of aliphatic hydroxyl groups is 1. The molecule has 0 saturated heterocycles. The van der Waals surface area contributed by atoms with Crippen molar-refractivity contribution in [2.24, 2.45) is 0 Å². The number of ether oxygens (including phenoxy) is 1. The van der Waals surface area contributed by atoms with Crippen LogP contribution in [0.5, 0.6) is 5.75 Å². The van der Waals surface area contributed by atoms with Crippen LogP contribution in [-0.2, 0) is 0 Å². The predicted molar refractivity (Wildman–Crippen MR) is 66.3 cm³/mol. The molecule has 2 aromatic rings. The van der Waals surface area contributed by atoms with Crippen LogP contribution >= 0.6 is 11.6 Å². The van der Waals surface area contributed by atoms with Crippen LogP contribution in [0, 0.1) is 0 Å². The number of pyridine rings is 1. The van der Waals surface area contributed by atoms with Gasteiger partial charge in [0.1, 0.15) is 11.9 Å². The Morgan fingerprint density at radius 1 is 1.29 bits per heavy atom. The average molecular weight is 250 g/mol. The van der Waals surface area contributed by atoms with Gasteiger partial charge >= 0.3 is 0 Å². The summed E-state index contributed by atoms with van der Waals surface area (Å²) in [5, 5.41) is 10.7. The van der Waals surface area contributed by atoms with E-state index in [0.717, 1.165) is 5.56 Å². The zero-order valence-electron chi connectivity index (χ0n) is 9.30. The van der Waals surface area contributed by atoms with Gasteiger partial charge in [-0.3, -0.25) is 4.98 Å². The fourth-order valence-corrected chi connectivity index (χ4v) is 1.64. The lowest BCUT2D eigenvalue weighted by Crippen LogP contribution is -2.02.